The molecule has 0 radical (unpaired) electrons. The van der Waals surface area contributed by atoms with Crippen LogP contribution in [0.2, 0.25) is 0 Å². The molecule has 2 rings (SSSR count). The van der Waals surface area contributed by atoms with E-state index in [-0.39, 0.29) is 11.8 Å². The van der Waals surface area contributed by atoms with Crippen LogP contribution < -0.4 is 4.72 Å². The summed E-state index contributed by atoms with van der Waals surface area (Å²) in [6.07, 6.45) is 5.48. The number of aromatic nitrogens is 1. The highest BCUT2D eigenvalue weighted by atomic mass is 32.2. The van der Waals surface area contributed by atoms with E-state index >= 15 is 0 Å². The average molecular weight is 282 g/mol. The molecule has 0 aliphatic heterocycles. The Morgan fingerprint density at radius 3 is 2.79 bits per heavy atom. The summed E-state index contributed by atoms with van der Waals surface area (Å²) in [5, 5.41) is 0. The first-order chi connectivity index (χ1) is 9.03. The molecule has 19 heavy (non-hydrogen) atoms. The summed E-state index contributed by atoms with van der Waals surface area (Å²) < 4.78 is 27.0. The van der Waals surface area contributed by atoms with Crippen LogP contribution in [0.5, 0.6) is 0 Å². The van der Waals surface area contributed by atoms with Crippen LogP contribution in [0.15, 0.2) is 18.3 Å². The first-order valence-corrected chi connectivity index (χ1v) is 8.60. The van der Waals surface area contributed by atoms with Crippen molar-refractivity contribution in [3.63, 3.8) is 0 Å². The fourth-order valence-corrected chi connectivity index (χ4v) is 3.69. The number of hydrogen-bond donors (Lipinski definition) is 1. The van der Waals surface area contributed by atoms with E-state index in [9.17, 15) is 8.42 Å². The maximum absolute atomic E-state index is 12.1. The molecule has 106 valence electrons. The van der Waals surface area contributed by atoms with Crippen molar-refractivity contribution in [1.29, 1.82) is 0 Å². The summed E-state index contributed by atoms with van der Waals surface area (Å²) >= 11 is 0. The Bertz CT molecular complexity index is 524. The summed E-state index contributed by atoms with van der Waals surface area (Å²) in [5.74, 6) is 0.614. The van der Waals surface area contributed by atoms with Crippen molar-refractivity contribution in [2.75, 3.05) is 5.75 Å². The summed E-state index contributed by atoms with van der Waals surface area (Å²) in [7, 11) is -3.20. The van der Waals surface area contributed by atoms with Crippen molar-refractivity contribution < 1.29 is 8.42 Å². The lowest BCUT2D eigenvalue weighted by atomic mass is 10.1. The summed E-state index contributed by atoms with van der Waals surface area (Å²) in [4.78, 5) is 4.38. The number of aryl methyl sites for hydroxylation is 1. The van der Waals surface area contributed by atoms with Gasteiger partial charge in [0.1, 0.15) is 0 Å². The van der Waals surface area contributed by atoms with Gasteiger partial charge >= 0.3 is 0 Å². The topological polar surface area (TPSA) is 59.1 Å². The highest BCUT2D eigenvalue weighted by molar-refractivity contribution is 7.89. The van der Waals surface area contributed by atoms with Gasteiger partial charge in [0.2, 0.25) is 10.0 Å². The molecule has 0 amide bonds. The third-order valence-corrected chi connectivity index (χ3v) is 4.95. The second-order valence-electron chi connectivity index (χ2n) is 5.31. The van der Waals surface area contributed by atoms with E-state index in [1.807, 2.05) is 26.0 Å². The molecule has 4 nitrogen and oxygen atoms in total. The molecule has 0 unspecified atom stereocenters. The van der Waals surface area contributed by atoms with Crippen molar-refractivity contribution in [3.05, 3.63) is 29.6 Å². The molecule has 1 atom stereocenters. The molecular weight excluding hydrogens is 260 g/mol. The first kappa shape index (κ1) is 14.5. The minimum atomic E-state index is -3.20. The second-order valence-corrected chi connectivity index (χ2v) is 7.18. The van der Waals surface area contributed by atoms with Gasteiger partial charge in [0.25, 0.3) is 0 Å². The predicted octanol–water partition coefficient (Wildman–Crippen LogP) is 2.56. The lowest BCUT2D eigenvalue weighted by molar-refractivity contribution is 0.517. The molecule has 0 spiro atoms. The van der Waals surface area contributed by atoms with Gasteiger partial charge < -0.3 is 0 Å². The maximum atomic E-state index is 12.1. The first-order valence-electron chi connectivity index (χ1n) is 6.95. The van der Waals surface area contributed by atoms with Crippen LogP contribution in [-0.2, 0) is 10.0 Å². The van der Waals surface area contributed by atoms with Gasteiger partial charge in [0, 0.05) is 6.20 Å². The molecule has 1 saturated carbocycles. The molecule has 0 saturated heterocycles. The Hall–Kier alpha value is -0.940. The highest BCUT2D eigenvalue weighted by Crippen LogP contribution is 2.41. The molecule has 1 N–H and O–H groups in total. The van der Waals surface area contributed by atoms with Gasteiger partial charge in [-0.05, 0) is 43.7 Å². The smallest absolute Gasteiger partial charge is 0.212 e. The zero-order chi connectivity index (χ0) is 13.9. The number of rotatable bonds is 7. The molecule has 1 fully saturated rings. The van der Waals surface area contributed by atoms with Crippen molar-refractivity contribution in [1.82, 2.24) is 9.71 Å². The zero-order valence-electron chi connectivity index (χ0n) is 11.6. The Labute approximate surface area is 115 Å². The molecule has 0 bridgehead atoms. The normalized spacial score (nSPS) is 17.4. The van der Waals surface area contributed by atoms with Crippen molar-refractivity contribution in [2.24, 2.45) is 5.92 Å². The highest BCUT2D eigenvalue weighted by Gasteiger charge is 2.36. The average Bonchev–Trinajstić information content (AvgIpc) is 3.19. The van der Waals surface area contributed by atoms with Crippen LogP contribution in [0, 0.1) is 12.8 Å². The Morgan fingerprint density at radius 1 is 1.47 bits per heavy atom. The molecule has 1 heterocycles. The maximum Gasteiger partial charge on any atom is 0.212 e. The zero-order valence-corrected chi connectivity index (χ0v) is 12.4. The fraction of sp³-hybridized carbons (Fsp3) is 0.643. The third-order valence-electron chi connectivity index (χ3n) is 3.51. The van der Waals surface area contributed by atoms with Crippen molar-refractivity contribution in [2.45, 2.75) is 45.6 Å². The Kier molecular flexibility index (Phi) is 4.58. The minimum Gasteiger partial charge on any atom is -0.259 e. The van der Waals surface area contributed by atoms with Crippen LogP contribution in [-0.4, -0.2) is 19.2 Å². The number of sulfonamides is 1. The van der Waals surface area contributed by atoms with E-state index < -0.39 is 10.0 Å². The predicted molar refractivity (Wildman–Crippen MR) is 76.3 cm³/mol. The van der Waals surface area contributed by atoms with Gasteiger partial charge in [0.15, 0.2) is 0 Å². The molecule has 1 aliphatic carbocycles. The molecular formula is C14H22N2O2S. The summed E-state index contributed by atoms with van der Waals surface area (Å²) in [5.41, 5.74) is 1.93. The van der Waals surface area contributed by atoms with Gasteiger partial charge in [0.05, 0.1) is 17.5 Å². The van der Waals surface area contributed by atoms with Gasteiger partial charge in [-0.2, -0.15) is 0 Å². The standard InChI is InChI=1S/C14H22N2O2S/c1-3-4-10-19(17,18)16-14(12-7-8-12)13-11(2)6-5-9-15-13/h5-6,9,12,14,16H,3-4,7-8,10H2,1-2H3/t14-/m0/s1. The number of unbranched alkanes of at least 4 members (excludes halogenated alkanes) is 1. The fourth-order valence-electron chi connectivity index (χ4n) is 2.22. The van der Waals surface area contributed by atoms with E-state index in [0.717, 1.165) is 30.5 Å². The Balaban J connectivity index is 2.16. The molecule has 0 aromatic carbocycles. The van der Waals surface area contributed by atoms with Gasteiger partial charge in [-0.15, -0.1) is 0 Å². The van der Waals surface area contributed by atoms with Gasteiger partial charge in [-0.25, -0.2) is 13.1 Å². The third kappa shape index (κ3) is 4.01. The second kappa shape index (κ2) is 6.01. The van der Waals surface area contributed by atoms with E-state index in [1.54, 1.807) is 6.20 Å². The molecule has 1 aliphatic rings. The molecule has 1 aromatic heterocycles. The largest absolute Gasteiger partial charge is 0.259 e. The van der Waals surface area contributed by atoms with Crippen LogP contribution in [0.3, 0.4) is 0 Å². The lowest BCUT2D eigenvalue weighted by Gasteiger charge is -2.19. The van der Waals surface area contributed by atoms with Gasteiger partial charge in [-0.1, -0.05) is 19.4 Å². The molecule has 1 aromatic rings. The monoisotopic (exact) mass is 282 g/mol. The lowest BCUT2D eigenvalue weighted by Crippen LogP contribution is -2.32. The van der Waals surface area contributed by atoms with E-state index in [1.165, 1.54) is 0 Å². The van der Waals surface area contributed by atoms with Crippen LogP contribution in [0.25, 0.3) is 0 Å². The molecule has 5 heteroatoms. The number of pyridine rings is 1. The van der Waals surface area contributed by atoms with Crippen LogP contribution >= 0.6 is 0 Å². The minimum absolute atomic E-state index is 0.150. The van der Waals surface area contributed by atoms with E-state index in [2.05, 4.69) is 9.71 Å². The van der Waals surface area contributed by atoms with Crippen molar-refractivity contribution in [3.8, 4) is 0 Å². The Morgan fingerprint density at radius 2 is 2.21 bits per heavy atom. The van der Waals surface area contributed by atoms with Gasteiger partial charge in [-0.3, -0.25) is 4.98 Å². The quantitative estimate of drug-likeness (QED) is 0.836. The number of nitrogens with zero attached hydrogens (tertiary/aromatic N) is 1. The van der Waals surface area contributed by atoms with E-state index in [4.69, 9.17) is 0 Å². The summed E-state index contributed by atoms with van der Waals surface area (Å²) in [6.45, 7) is 3.98. The SMILES string of the molecule is CCCCS(=O)(=O)N[C@H](c1ncccc1C)C1CC1. The van der Waals surface area contributed by atoms with Crippen LogP contribution in [0.1, 0.15) is 49.9 Å². The van der Waals surface area contributed by atoms with E-state index in [0.29, 0.717) is 12.3 Å². The number of nitrogens with one attached hydrogen (secondary N) is 1. The number of hydrogen-bond acceptors (Lipinski definition) is 3. The van der Waals surface area contributed by atoms with Crippen molar-refractivity contribution >= 4 is 10.0 Å². The van der Waals surface area contributed by atoms with Crippen LogP contribution in [0.4, 0.5) is 0 Å². The summed E-state index contributed by atoms with van der Waals surface area (Å²) in [6, 6.07) is 3.72.